The van der Waals surface area contributed by atoms with E-state index in [2.05, 4.69) is 65.0 Å². The Bertz CT molecular complexity index is 1800. The van der Waals surface area contributed by atoms with Crippen LogP contribution in [0.2, 0.25) is 0 Å². The number of fused-ring (bicyclic) bond motifs is 5. The van der Waals surface area contributed by atoms with Crippen molar-refractivity contribution in [3.05, 3.63) is 119 Å². The molecule has 326 valence electrons. The SMILES string of the molecule is CC(C)CCC[C@@H](C)[C@H]1CC[C@H]2[C@@H]3CC=C4C[C@@H](OC5O[C@H](COCc6ccccc6)[C@@H](OCc6ccccc6)[C@H](O)[C@@H]5OCc5ccccc5)CC[C@]4(C)[C@H]3CC[C@]12C. The Balaban J connectivity index is 0.974. The van der Waals surface area contributed by atoms with Gasteiger partial charge in [0.2, 0.25) is 0 Å². The Morgan fingerprint density at radius 3 is 2.00 bits per heavy atom. The number of hydrogen-bond donors (Lipinski definition) is 1. The van der Waals surface area contributed by atoms with E-state index in [0.29, 0.717) is 25.2 Å². The summed E-state index contributed by atoms with van der Waals surface area (Å²) >= 11 is 0. The Labute approximate surface area is 361 Å². The van der Waals surface area contributed by atoms with E-state index in [4.69, 9.17) is 23.7 Å². The van der Waals surface area contributed by atoms with Crippen LogP contribution in [0.4, 0.5) is 0 Å². The van der Waals surface area contributed by atoms with Gasteiger partial charge in [-0.25, -0.2) is 0 Å². The van der Waals surface area contributed by atoms with Crippen LogP contribution < -0.4 is 0 Å². The molecule has 0 spiro atoms. The van der Waals surface area contributed by atoms with E-state index in [0.717, 1.165) is 71.5 Å². The van der Waals surface area contributed by atoms with Crippen LogP contribution in [0.3, 0.4) is 0 Å². The largest absolute Gasteiger partial charge is 0.387 e. The summed E-state index contributed by atoms with van der Waals surface area (Å²) in [5.41, 5.74) is 5.44. The molecule has 5 aliphatic rings. The maximum atomic E-state index is 12.3. The van der Waals surface area contributed by atoms with Crippen LogP contribution in [0.25, 0.3) is 0 Å². The van der Waals surface area contributed by atoms with E-state index in [1.807, 2.05) is 66.7 Å². The monoisotopic (exact) mass is 819 g/mol. The second-order valence-corrected chi connectivity index (χ2v) is 20.3. The predicted molar refractivity (Wildman–Crippen MR) is 239 cm³/mol. The maximum absolute atomic E-state index is 12.3. The first-order valence-electron chi connectivity index (χ1n) is 23.7. The molecule has 3 saturated carbocycles. The third-order valence-electron chi connectivity index (χ3n) is 16.2. The van der Waals surface area contributed by atoms with Crippen LogP contribution in [0, 0.1) is 46.3 Å². The molecule has 0 amide bonds. The zero-order chi connectivity index (χ0) is 41.7. The summed E-state index contributed by atoms with van der Waals surface area (Å²) in [6.07, 6.45) is 12.8. The molecule has 1 heterocycles. The van der Waals surface area contributed by atoms with E-state index >= 15 is 0 Å². The van der Waals surface area contributed by atoms with Gasteiger partial charge in [0.05, 0.1) is 32.5 Å². The molecule has 0 radical (unpaired) electrons. The summed E-state index contributed by atoms with van der Waals surface area (Å²) in [5, 5.41) is 12.3. The molecule has 8 rings (SSSR count). The van der Waals surface area contributed by atoms with Gasteiger partial charge in [-0.3, -0.25) is 0 Å². The normalized spacial score (nSPS) is 35.6. The number of hydrogen-bond acceptors (Lipinski definition) is 6. The lowest BCUT2D eigenvalue weighted by Crippen LogP contribution is -2.61. The van der Waals surface area contributed by atoms with E-state index in [1.54, 1.807) is 5.57 Å². The van der Waals surface area contributed by atoms with Crippen molar-refractivity contribution in [2.45, 2.75) is 162 Å². The topological polar surface area (TPSA) is 66.4 Å². The molecule has 1 saturated heterocycles. The van der Waals surface area contributed by atoms with E-state index < -0.39 is 30.7 Å². The van der Waals surface area contributed by atoms with E-state index in [1.165, 1.54) is 51.4 Å². The van der Waals surface area contributed by atoms with Gasteiger partial charge < -0.3 is 28.8 Å². The molecule has 1 aliphatic heterocycles. The van der Waals surface area contributed by atoms with Gasteiger partial charge >= 0.3 is 0 Å². The third kappa shape index (κ3) is 9.70. The minimum Gasteiger partial charge on any atom is -0.387 e. The average molecular weight is 819 g/mol. The molecule has 0 aromatic heterocycles. The van der Waals surface area contributed by atoms with Crippen molar-refractivity contribution in [2.24, 2.45) is 46.3 Å². The molecule has 1 N–H and O–H groups in total. The van der Waals surface area contributed by atoms with Crippen LogP contribution in [0.15, 0.2) is 103 Å². The molecule has 1 unspecified atom stereocenters. The minimum absolute atomic E-state index is 0.0232. The molecule has 6 nitrogen and oxygen atoms in total. The van der Waals surface area contributed by atoms with Crippen LogP contribution in [0.1, 0.15) is 122 Å². The van der Waals surface area contributed by atoms with Crippen molar-refractivity contribution >= 4 is 0 Å². The predicted octanol–water partition coefficient (Wildman–Crippen LogP) is 11.9. The Morgan fingerprint density at radius 2 is 1.35 bits per heavy atom. The quantitative estimate of drug-likeness (QED) is 0.137. The minimum atomic E-state index is -0.991. The lowest BCUT2D eigenvalue weighted by atomic mass is 9.47. The third-order valence-corrected chi connectivity index (χ3v) is 16.2. The van der Waals surface area contributed by atoms with Gasteiger partial charge in [0, 0.05) is 0 Å². The first-order valence-corrected chi connectivity index (χ1v) is 23.7. The first-order chi connectivity index (χ1) is 29.1. The second kappa shape index (κ2) is 19.7. The zero-order valence-electron chi connectivity index (χ0n) is 37.3. The highest BCUT2D eigenvalue weighted by Crippen LogP contribution is 2.67. The highest BCUT2D eigenvalue weighted by Gasteiger charge is 2.59. The van der Waals surface area contributed by atoms with Crippen LogP contribution in [-0.2, 0) is 43.5 Å². The van der Waals surface area contributed by atoms with Crippen molar-refractivity contribution in [3.63, 3.8) is 0 Å². The van der Waals surface area contributed by atoms with E-state index in [9.17, 15) is 5.11 Å². The number of benzene rings is 3. The number of aliphatic hydroxyl groups is 1. The number of rotatable bonds is 17. The summed E-state index contributed by atoms with van der Waals surface area (Å²) in [6.45, 7) is 14.0. The first kappa shape index (κ1) is 43.8. The molecule has 4 aliphatic carbocycles. The molecule has 6 heteroatoms. The Kier molecular flexibility index (Phi) is 14.4. The van der Waals surface area contributed by atoms with Crippen LogP contribution in [-0.4, -0.2) is 48.5 Å². The summed E-state index contributed by atoms with van der Waals surface area (Å²) in [6, 6.07) is 30.4. The van der Waals surface area contributed by atoms with E-state index in [-0.39, 0.29) is 18.1 Å². The van der Waals surface area contributed by atoms with Gasteiger partial charge in [0.25, 0.3) is 0 Å². The molecule has 4 fully saturated rings. The smallest absolute Gasteiger partial charge is 0.187 e. The summed E-state index contributed by atoms with van der Waals surface area (Å²) in [7, 11) is 0. The van der Waals surface area contributed by atoms with Gasteiger partial charge in [-0.15, -0.1) is 0 Å². The van der Waals surface area contributed by atoms with Crippen LogP contribution >= 0.6 is 0 Å². The summed E-state index contributed by atoms with van der Waals surface area (Å²) in [4.78, 5) is 0. The van der Waals surface area contributed by atoms with Gasteiger partial charge in [0.15, 0.2) is 6.29 Å². The fourth-order valence-corrected chi connectivity index (χ4v) is 12.9. The highest BCUT2D eigenvalue weighted by atomic mass is 16.7. The maximum Gasteiger partial charge on any atom is 0.187 e. The Hall–Kier alpha value is -2.84. The lowest BCUT2D eigenvalue weighted by molar-refractivity contribution is -0.330. The summed E-state index contributed by atoms with van der Waals surface area (Å²) in [5.74, 6) is 4.88. The van der Waals surface area contributed by atoms with Gasteiger partial charge in [0.1, 0.15) is 24.4 Å². The Morgan fingerprint density at radius 1 is 0.717 bits per heavy atom. The van der Waals surface area contributed by atoms with Crippen LogP contribution in [0.5, 0.6) is 0 Å². The van der Waals surface area contributed by atoms with Crippen molar-refractivity contribution in [1.82, 2.24) is 0 Å². The molecule has 13 atom stereocenters. The number of allylic oxidation sites excluding steroid dienone is 1. The number of aliphatic hydroxyl groups excluding tert-OH is 1. The lowest BCUT2D eigenvalue weighted by Gasteiger charge is -2.58. The van der Waals surface area contributed by atoms with Crippen molar-refractivity contribution in [1.29, 1.82) is 0 Å². The molecule has 60 heavy (non-hydrogen) atoms. The molecule has 3 aromatic carbocycles. The fraction of sp³-hybridized carbons (Fsp3) is 0.630. The van der Waals surface area contributed by atoms with Gasteiger partial charge in [-0.2, -0.15) is 0 Å². The molecular weight excluding hydrogens is 745 g/mol. The zero-order valence-corrected chi connectivity index (χ0v) is 37.3. The van der Waals surface area contributed by atoms with Crippen molar-refractivity contribution < 1.29 is 28.8 Å². The highest BCUT2D eigenvalue weighted by molar-refractivity contribution is 5.26. The van der Waals surface area contributed by atoms with Crippen molar-refractivity contribution in [3.8, 4) is 0 Å². The summed E-state index contributed by atoms with van der Waals surface area (Å²) < 4.78 is 33.4. The molecule has 0 bridgehead atoms. The van der Waals surface area contributed by atoms with Gasteiger partial charge in [-0.1, -0.05) is 157 Å². The second-order valence-electron chi connectivity index (χ2n) is 20.3. The van der Waals surface area contributed by atoms with Gasteiger partial charge in [-0.05, 0) is 114 Å². The standard InChI is InChI=1S/C54H74O6/c1-37(2)16-15-17-38(3)45-26-27-46-44-25-24-42-32-43(28-30-53(42,4)47(44)29-31-54(45,46)5)59-52-51(58-35-41-22-13-8-14-23-41)49(55)50(57-34-40-20-11-7-12-21-40)48(60-52)36-56-33-39-18-9-6-10-19-39/h6-14,18-24,37-38,43-52,55H,15-17,25-36H2,1-5H3/t38-,43+,44+,45-,46+,47+,48-,49+,50-,51+,52?,53+,54-/m1/s1. The fourth-order valence-electron chi connectivity index (χ4n) is 12.9. The number of ether oxygens (including phenoxy) is 5. The molecular formula is C54H74O6. The molecule has 3 aromatic rings. The van der Waals surface area contributed by atoms with Crippen molar-refractivity contribution in [2.75, 3.05) is 6.61 Å². The average Bonchev–Trinajstić information content (AvgIpc) is 3.62.